The Labute approximate surface area is 111 Å². The van der Waals surface area contributed by atoms with E-state index in [9.17, 15) is 9.59 Å². The second kappa shape index (κ2) is 6.03. The van der Waals surface area contributed by atoms with E-state index in [4.69, 9.17) is 4.74 Å². The summed E-state index contributed by atoms with van der Waals surface area (Å²) in [6.07, 6.45) is 5.27. The highest BCUT2D eigenvalue weighted by Crippen LogP contribution is 2.08. The van der Waals surface area contributed by atoms with E-state index in [0.717, 1.165) is 0 Å². The van der Waals surface area contributed by atoms with E-state index in [1.807, 2.05) is 0 Å². The predicted molar refractivity (Wildman–Crippen MR) is 67.9 cm³/mol. The number of ether oxygens (including phenoxy) is 2. The highest BCUT2D eigenvalue weighted by atomic mass is 16.6. The van der Waals surface area contributed by atoms with Crippen molar-refractivity contribution < 1.29 is 19.1 Å². The Morgan fingerprint density at radius 3 is 2.53 bits per heavy atom. The summed E-state index contributed by atoms with van der Waals surface area (Å²) in [5, 5.41) is 2.34. The minimum absolute atomic E-state index is 0.0465. The number of hydrogen-bond donors (Lipinski definition) is 1. The lowest BCUT2D eigenvalue weighted by molar-refractivity contribution is -0.136. The summed E-state index contributed by atoms with van der Waals surface area (Å²) >= 11 is 0. The first-order chi connectivity index (χ1) is 8.81. The molecule has 1 aromatic rings. The zero-order valence-electron chi connectivity index (χ0n) is 11.3. The maximum absolute atomic E-state index is 11.6. The lowest BCUT2D eigenvalue weighted by atomic mass is 10.2. The number of rotatable bonds is 3. The largest absolute Gasteiger partial charge is 0.464 e. The molecule has 0 bridgehead atoms. The van der Waals surface area contributed by atoms with Gasteiger partial charge in [0.15, 0.2) is 0 Å². The molecular weight excluding hydrogens is 250 g/mol. The van der Waals surface area contributed by atoms with Crippen molar-refractivity contribution in [3.8, 4) is 0 Å². The molecule has 0 spiro atoms. The summed E-state index contributed by atoms with van der Waals surface area (Å²) < 4.78 is 11.1. The number of amides is 1. The molecule has 1 amide bonds. The molecule has 0 aliphatic heterocycles. The van der Waals surface area contributed by atoms with Crippen LogP contribution in [0, 0.1) is 0 Å². The maximum Gasteiger partial charge on any atom is 0.412 e. The Balaban J connectivity index is 2.82. The molecular formula is C12H17N3O4. The van der Waals surface area contributed by atoms with Crippen molar-refractivity contribution >= 4 is 18.3 Å². The third kappa shape index (κ3) is 5.24. The number of imidazole rings is 1. The Morgan fingerprint density at radius 2 is 2.05 bits per heavy atom. The number of nitrogens with zero attached hydrogens (tertiary/aromatic N) is 2. The van der Waals surface area contributed by atoms with Gasteiger partial charge in [0.25, 0.3) is 0 Å². The molecule has 1 heterocycles. The van der Waals surface area contributed by atoms with Gasteiger partial charge in [0.1, 0.15) is 11.3 Å². The number of carbonyl (C=O) groups excluding carboxylic acids is 2. The van der Waals surface area contributed by atoms with Crippen molar-refractivity contribution in [3.05, 3.63) is 24.4 Å². The third-order valence-corrected chi connectivity index (χ3v) is 1.84. The molecule has 0 radical (unpaired) electrons. The summed E-state index contributed by atoms with van der Waals surface area (Å²) in [7, 11) is 1.22. The van der Waals surface area contributed by atoms with Gasteiger partial charge < -0.3 is 14.0 Å². The van der Waals surface area contributed by atoms with Gasteiger partial charge in [0, 0.05) is 18.6 Å². The molecule has 19 heavy (non-hydrogen) atoms. The third-order valence-electron chi connectivity index (χ3n) is 1.84. The van der Waals surface area contributed by atoms with Crippen LogP contribution < -0.4 is 5.32 Å². The van der Waals surface area contributed by atoms with Gasteiger partial charge >= 0.3 is 12.1 Å². The average Bonchev–Trinajstić information content (AvgIpc) is 2.77. The topological polar surface area (TPSA) is 82.5 Å². The fourth-order valence-corrected chi connectivity index (χ4v) is 1.15. The number of nitrogens with one attached hydrogen (secondary N) is 1. The molecule has 1 rings (SSSR count). The SMILES string of the molecule is COC(=O)/C(=C\n1ccnc1)NC(=O)OC(C)(C)C. The quantitative estimate of drug-likeness (QED) is 0.660. The van der Waals surface area contributed by atoms with Crippen LogP contribution in [0.1, 0.15) is 20.8 Å². The second-order valence-corrected chi connectivity index (χ2v) is 4.67. The molecule has 0 aliphatic rings. The van der Waals surface area contributed by atoms with Crippen molar-refractivity contribution in [1.82, 2.24) is 14.9 Å². The van der Waals surface area contributed by atoms with E-state index in [-0.39, 0.29) is 5.70 Å². The van der Waals surface area contributed by atoms with Gasteiger partial charge in [-0.15, -0.1) is 0 Å². The summed E-state index contributed by atoms with van der Waals surface area (Å²) in [6, 6.07) is 0. The predicted octanol–water partition coefficient (Wildman–Crippen LogP) is 1.38. The molecule has 0 aliphatic carbocycles. The highest BCUT2D eigenvalue weighted by molar-refractivity contribution is 5.95. The smallest absolute Gasteiger partial charge is 0.412 e. The molecule has 0 saturated carbocycles. The number of hydrogen-bond acceptors (Lipinski definition) is 5. The average molecular weight is 267 g/mol. The monoisotopic (exact) mass is 267 g/mol. The fourth-order valence-electron chi connectivity index (χ4n) is 1.15. The molecule has 0 fully saturated rings. The molecule has 0 aromatic carbocycles. The van der Waals surface area contributed by atoms with Gasteiger partial charge in [-0.2, -0.15) is 0 Å². The molecule has 7 heteroatoms. The van der Waals surface area contributed by atoms with E-state index >= 15 is 0 Å². The van der Waals surface area contributed by atoms with E-state index in [0.29, 0.717) is 0 Å². The zero-order valence-corrected chi connectivity index (χ0v) is 11.3. The fraction of sp³-hybridized carbons (Fsp3) is 0.417. The van der Waals surface area contributed by atoms with Crippen molar-refractivity contribution in [2.75, 3.05) is 7.11 Å². The van der Waals surface area contributed by atoms with Crippen molar-refractivity contribution in [1.29, 1.82) is 0 Å². The van der Waals surface area contributed by atoms with Crippen LogP contribution in [-0.4, -0.2) is 34.3 Å². The Hall–Kier alpha value is -2.31. The van der Waals surface area contributed by atoms with Crippen LogP contribution in [0.3, 0.4) is 0 Å². The van der Waals surface area contributed by atoms with E-state index in [1.54, 1.807) is 33.2 Å². The standard InChI is InChI=1S/C12H17N3O4/c1-12(2,3)19-11(17)14-9(10(16)18-4)7-15-6-5-13-8-15/h5-8H,1-4H3,(H,14,17)/b9-7+. The molecule has 0 atom stereocenters. The van der Waals surface area contributed by atoms with Gasteiger partial charge in [-0.05, 0) is 20.8 Å². The first-order valence-electron chi connectivity index (χ1n) is 5.59. The number of methoxy groups -OCH3 is 1. The Morgan fingerprint density at radius 1 is 1.37 bits per heavy atom. The number of alkyl carbamates (subject to hydrolysis) is 1. The number of carbonyl (C=O) groups is 2. The normalized spacial score (nSPS) is 11.9. The van der Waals surface area contributed by atoms with Gasteiger partial charge in [0.2, 0.25) is 0 Å². The summed E-state index contributed by atoms with van der Waals surface area (Å²) in [5.41, 5.74) is -0.699. The van der Waals surface area contributed by atoms with Crippen LogP contribution in [0.25, 0.3) is 6.20 Å². The van der Waals surface area contributed by atoms with Gasteiger partial charge in [-0.3, -0.25) is 5.32 Å². The van der Waals surface area contributed by atoms with Crippen LogP contribution in [0.5, 0.6) is 0 Å². The van der Waals surface area contributed by atoms with Crippen LogP contribution in [0.2, 0.25) is 0 Å². The lowest BCUT2D eigenvalue weighted by Gasteiger charge is -2.20. The first kappa shape index (κ1) is 14.7. The number of esters is 1. The summed E-state index contributed by atoms with van der Waals surface area (Å²) in [4.78, 5) is 27.0. The molecule has 0 unspecified atom stereocenters. The van der Waals surface area contributed by atoms with Crippen LogP contribution in [0.4, 0.5) is 4.79 Å². The lowest BCUT2D eigenvalue weighted by Crippen LogP contribution is -2.34. The molecule has 1 N–H and O–H groups in total. The van der Waals surface area contributed by atoms with Crippen LogP contribution in [-0.2, 0) is 14.3 Å². The minimum atomic E-state index is -0.732. The molecule has 7 nitrogen and oxygen atoms in total. The van der Waals surface area contributed by atoms with Gasteiger partial charge in [0.05, 0.1) is 13.4 Å². The summed E-state index contributed by atoms with van der Waals surface area (Å²) in [5.74, 6) is -0.681. The van der Waals surface area contributed by atoms with E-state index < -0.39 is 17.7 Å². The number of aromatic nitrogens is 2. The molecule has 0 saturated heterocycles. The van der Waals surface area contributed by atoms with Crippen molar-refractivity contribution in [2.24, 2.45) is 0 Å². The van der Waals surface area contributed by atoms with Gasteiger partial charge in [-0.1, -0.05) is 0 Å². The van der Waals surface area contributed by atoms with Crippen LogP contribution in [0.15, 0.2) is 24.4 Å². The highest BCUT2D eigenvalue weighted by Gasteiger charge is 2.20. The van der Waals surface area contributed by atoms with Crippen molar-refractivity contribution in [2.45, 2.75) is 26.4 Å². The molecule has 1 aromatic heterocycles. The Bertz CT molecular complexity index is 472. The van der Waals surface area contributed by atoms with Gasteiger partial charge in [-0.25, -0.2) is 14.6 Å². The maximum atomic E-state index is 11.6. The first-order valence-corrected chi connectivity index (χ1v) is 5.59. The Kier molecular flexibility index (Phi) is 4.68. The van der Waals surface area contributed by atoms with Crippen molar-refractivity contribution in [3.63, 3.8) is 0 Å². The zero-order chi connectivity index (χ0) is 14.5. The van der Waals surface area contributed by atoms with E-state index in [2.05, 4.69) is 15.0 Å². The van der Waals surface area contributed by atoms with E-state index in [1.165, 1.54) is 24.2 Å². The second-order valence-electron chi connectivity index (χ2n) is 4.67. The summed E-state index contributed by atoms with van der Waals surface area (Å²) in [6.45, 7) is 5.18. The van der Waals surface area contributed by atoms with Crippen LogP contribution >= 0.6 is 0 Å². The minimum Gasteiger partial charge on any atom is -0.464 e. The molecule has 104 valence electrons.